The van der Waals surface area contributed by atoms with Gasteiger partial charge in [0.1, 0.15) is 6.10 Å². The lowest BCUT2D eigenvalue weighted by molar-refractivity contribution is -0.137. The van der Waals surface area contributed by atoms with E-state index in [1.807, 2.05) is 41.2 Å². The fourth-order valence-electron chi connectivity index (χ4n) is 2.93. The van der Waals surface area contributed by atoms with Gasteiger partial charge in [-0.1, -0.05) is 0 Å². The molecule has 1 saturated heterocycles. The van der Waals surface area contributed by atoms with Crippen molar-refractivity contribution in [2.24, 2.45) is 0 Å². The van der Waals surface area contributed by atoms with Crippen LogP contribution in [-0.2, 0) is 6.18 Å². The lowest BCUT2D eigenvalue weighted by Crippen LogP contribution is -2.56. The van der Waals surface area contributed by atoms with Crippen LogP contribution in [0.1, 0.15) is 15.9 Å². The number of nitrogens with zero attached hydrogens (tertiary/aromatic N) is 3. The van der Waals surface area contributed by atoms with Gasteiger partial charge in [-0.15, -0.1) is 0 Å². The molecule has 1 amide bonds. The maximum Gasteiger partial charge on any atom is 0.417 e. The third-order valence-corrected chi connectivity index (χ3v) is 4.50. The van der Waals surface area contributed by atoms with Crippen LogP contribution in [0.25, 0.3) is 5.69 Å². The predicted octanol–water partition coefficient (Wildman–Crippen LogP) is 3.79. The molecule has 0 bridgehead atoms. The van der Waals surface area contributed by atoms with Crippen LogP contribution >= 0.6 is 0 Å². The van der Waals surface area contributed by atoms with E-state index in [4.69, 9.17) is 4.74 Å². The summed E-state index contributed by atoms with van der Waals surface area (Å²) in [5, 5.41) is 0. The van der Waals surface area contributed by atoms with Crippen molar-refractivity contribution in [2.45, 2.75) is 12.3 Å². The minimum absolute atomic E-state index is 0.112. The van der Waals surface area contributed by atoms with E-state index in [0.29, 0.717) is 18.7 Å². The highest BCUT2D eigenvalue weighted by Crippen LogP contribution is 2.29. The summed E-state index contributed by atoms with van der Waals surface area (Å²) in [6, 6.07) is 13.2. The molecule has 5 nitrogen and oxygen atoms in total. The first-order chi connectivity index (χ1) is 13.4. The summed E-state index contributed by atoms with van der Waals surface area (Å²) in [4.78, 5) is 17.8. The highest BCUT2D eigenvalue weighted by atomic mass is 19.4. The largest absolute Gasteiger partial charge is 0.471 e. The molecule has 3 heterocycles. The monoisotopic (exact) mass is 387 g/mol. The highest BCUT2D eigenvalue weighted by molar-refractivity contribution is 5.95. The lowest BCUT2D eigenvalue weighted by Gasteiger charge is -2.38. The first-order valence-corrected chi connectivity index (χ1v) is 8.63. The Hall–Kier alpha value is -3.29. The summed E-state index contributed by atoms with van der Waals surface area (Å²) in [5.74, 6) is 0.000425. The smallest absolute Gasteiger partial charge is 0.417 e. The van der Waals surface area contributed by atoms with Crippen molar-refractivity contribution < 1.29 is 22.7 Å². The molecule has 1 aromatic carbocycles. The number of carbonyl (C=O) groups excluding carboxylic acids is 1. The van der Waals surface area contributed by atoms with Gasteiger partial charge in [0, 0.05) is 35.9 Å². The standard InChI is InChI=1S/C20H16F3N3O2/c21-20(22,23)15-5-8-18(24-11-15)28-17-12-26(13-17)19(27)14-3-6-16(7-4-14)25-9-1-2-10-25/h1-11,17H,12-13H2. The summed E-state index contributed by atoms with van der Waals surface area (Å²) in [5.41, 5.74) is 0.704. The molecule has 8 heteroatoms. The number of benzene rings is 1. The Morgan fingerprint density at radius 3 is 2.29 bits per heavy atom. The average Bonchev–Trinajstić information content (AvgIpc) is 3.18. The third-order valence-electron chi connectivity index (χ3n) is 4.50. The lowest BCUT2D eigenvalue weighted by atomic mass is 10.1. The van der Waals surface area contributed by atoms with Gasteiger partial charge in [-0.2, -0.15) is 13.2 Å². The molecule has 1 aliphatic rings. The zero-order chi connectivity index (χ0) is 19.7. The van der Waals surface area contributed by atoms with E-state index in [1.54, 1.807) is 17.0 Å². The predicted molar refractivity (Wildman–Crippen MR) is 95.3 cm³/mol. The quantitative estimate of drug-likeness (QED) is 0.684. The number of likely N-dealkylation sites (tertiary alicyclic amines) is 1. The van der Waals surface area contributed by atoms with Crippen molar-refractivity contribution in [2.75, 3.05) is 13.1 Å². The molecule has 0 radical (unpaired) electrons. The second-order valence-electron chi connectivity index (χ2n) is 6.47. The van der Waals surface area contributed by atoms with Crippen LogP contribution in [0, 0.1) is 0 Å². The van der Waals surface area contributed by atoms with Crippen LogP contribution in [0.15, 0.2) is 67.1 Å². The number of hydrogen-bond acceptors (Lipinski definition) is 3. The van der Waals surface area contributed by atoms with Crippen LogP contribution < -0.4 is 4.74 Å². The number of aromatic nitrogens is 2. The molecule has 4 rings (SSSR count). The summed E-state index contributed by atoms with van der Waals surface area (Å²) < 4.78 is 45.1. The Morgan fingerprint density at radius 2 is 1.71 bits per heavy atom. The Morgan fingerprint density at radius 1 is 1.04 bits per heavy atom. The van der Waals surface area contributed by atoms with Gasteiger partial charge in [0.25, 0.3) is 5.91 Å². The number of rotatable bonds is 4. The van der Waals surface area contributed by atoms with Crippen molar-refractivity contribution in [3.8, 4) is 11.6 Å². The highest BCUT2D eigenvalue weighted by Gasteiger charge is 2.34. The van der Waals surface area contributed by atoms with Crippen LogP contribution in [0.4, 0.5) is 13.2 Å². The van der Waals surface area contributed by atoms with E-state index in [0.717, 1.165) is 18.0 Å². The fourth-order valence-corrected chi connectivity index (χ4v) is 2.93. The van der Waals surface area contributed by atoms with Gasteiger partial charge in [0.15, 0.2) is 0 Å². The molecular formula is C20H16F3N3O2. The van der Waals surface area contributed by atoms with Gasteiger partial charge >= 0.3 is 6.18 Å². The molecule has 1 fully saturated rings. The van der Waals surface area contributed by atoms with Crippen molar-refractivity contribution in [1.29, 1.82) is 0 Å². The minimum Gasteiger partial charge on any atom is -0.471 e. The van der Waals surface area contributed by atoms with Crippen molar-refractivity contribution >= 4 is 5.91 Å². The maximum absolute atomic E-state index is 12.5. The number of carbonyl (C=O) groups is 1. The fraction of sp³-hybridized carbons (Fsp3) is 0.200. The number of hydrogen-bond donors (Lipinski definition) is 0. The van der Waals surface area contributed by atoms with Crippen LogP contribution in [0.3, 0.4) is 0 Å². The van der Waals surface area contributed by atoms with E-state index >= 15 is 0 Å². The van der Waals surface area contributed by atoms with Crippen LogP contribution in [-0.4, -0.2) is 39.6 Å². The molecule has 0 unspecified atom stereocenters. The first kappa shape index (κ1) is 18.1. The Kier molecular flexibility index (Phi) is 4.54. The summed E-state index contributed by atoms with van der Waals surface area (Å²) in [7, 11) is 0. The topological polar surface area (TPSA) is 47.4 Å². The molecule has 3 aromatic rings. The normalized spacial score (nSPS) is 14.6. The molecule has 1 aliphatic heterocycles. The zero-order valence-corrected chi connectivity index (χ0v) is 14.6. The average molecular weight is 387 g/mol. The van der Waals surface area contributed by atoms with Gasteiger partial charge < -0.3 is 14.2 Å². The first-order valence-electron chi connectivity index (χ1n) is 8.63. The summed E-state index contributed by atoms with van der Waals surface area (Å²) in [6.07, 6.45) is -0.134. The second kappa shape index (κ2) is 7.03. The molecular weight excluding hydrogens is 371 g/mol. The SMILES string of the molecule is O=C(c1ccc(-n2cccc2)cc1)N1CC(Oc2ccc(C(F)(F)F)cn2)C1. The molecule has 0 N–H and O–H groups in total. The molecule has 0 saturated carbocycles. The molecule has 0 atom stereocenters. The molecule has 28 heavy (non-hydrogen) atoms. The molecule has 144 valence electrons. The minimum atomic E-state index is -4.43. The van der Waals surface area contributed by atoms with Gasteiger partial charge in [-0.05, 0) is 42.5 Å². The van der Waals surface area contributed by atoms with E-state index < -0.39 is 11.7 Å². The number of ether oxygens (including phenoxy) is 1. The van der Waals surface area contributed by atoms with Crippen molar-refractivity contribution in [3.05, 3.63) is 78.2 Å². The van der Waals surface area contributed by atoms with E-state index in [-0.39, 0.29) is 17.9 Å². The number of amides is 1. The zero-order valence-electron chi connectivity index (χ0n) is 14.6. The number of halogens is 3. The molecule has 0 spiro atoms. The van der Waals surface area contributed by atoms with Gasteiger partial charge in [0.2, 0.25) is 5.88 Å². The Labute approximate surface area is 159 Å². The Bertz CT molecular complexity index is 946. The number of pyridine rings is 1. The van der Waals surface area contributed by atoms with E-state index in [1.165, 1.54) is 6.07 Å². The Balaban J connectivity index is 1.31. The van der Waals surface area contributed by atoms with Crippen LogP contribution in [0.2, 0.25) is 0 Å². The summed E-state index contributed by atoms with van der Waals surface area (Å²) >= 11 is 0. The van der Waals surface area contributed by atoms with Gasteiger partial charge in [0.05, 0.1) is 18.7 Å². The van der Waals surface area contributed by atoms with Crippen molar-refractivity contribution in [1.82, 2.24) is 14.5 Å². The molecule has 2 aromatic heterocycles. The van der Waals surface area contributed by atoms with Gasteiger partial charge in [-0.3, -0.25) is 4.79 Å². The third kappa shape index (κ3) is 3.71. The van der Waals surface area contributed by atoms with Crippen molar-refractivity contribution in [3.63, 3.8) is 0 Å². The van der Waals surface area contributed by atoms with Gasteiger partial charge in [-0.25, -0.2) is 4.98 Å². The second-order valence-corrected chi connectivity index (χ2v) is 6.47. The number of alkyl halides is 3. The maximum atomic E-state index is 12.5. The van der Waals surface area contributed by atoms with Crippen LogP contribution in [0.5, 0.6) is 5.88 Å². The van der Waals surface area contributed by atoms with E-state index in [9.17, 15) is 18.0 Å². The van der Waals surface area contributed by atoms with E-state index in [2.05, 4.69) is 4.98 Å². The molecule has 0 aliphatic carbocycles. The summed E-state index contributed by atoms with van der Waals surface area (Å²) in [6.45, 7) is 0.724.